The fraction of sp³-hybridized carbons (Fsp3) is 0.462. The summed E-state index contributed by atoms with van der Waals surface area (Å²) >= 11 is 5.78. The third-order valence-corrected chi connectivity index (χ3v) is 5.50. The zero-order valence-corrected chi connectivity index (χ0v) is 13.3. The van der Waals surface area contributed by atoms with E-state index in [2.05, 4.69) is 5.32 Å². The Morgan fingerprint density at radius 3 is 2.45 bits per heavy atom. The van der Waals surface area contributed by atoms with Gasteiger partial charge >= 0.3 is 0 Å². The molecule has 0 saturated heterocycles. The van der Waals surface area contributed by atoms with Gasteiger partial charge in [-0.25, -0.2) is 8.42 Å². The van der Waals surface area contributed by atoms with Crippen molar-refractivity contribution >= 4 is 38.7 Å². The van der Waals surface area contributed by atoms with Crippen LogP contribution in [0.25, 0.3) is 0 Å². The lowest BCUT2D eigenvalue weighted by Gasteiger charge is -2.15. The van der Waals surface area contributed by atoms with Crippen LogP contribution in [0.4, 0.5) is 11.4 Å². The van der Waals surface area contributed by atoms with Crippen LogP contribution in [0, 0.1) is 5.92 Å². The summed E-state index contributed by atoms with van der Waals surface area (Å²) in [7, 11) is -3.47. The van der Waals surface area contributed by atoms with Crippen molar-refractivity contribution in [2.45, 2.75) is 26.0 Å². The van der Waals surface area contributed by atoms with E-state index in [1.165, 1.54) is 13.0 Å². The molecule has 0 aromatic heterocycles. The molecule has 20 heavy (non-hydrogen) atoms. The molecular formula is C13H19ClN2O3S. The first kappa shape index (κ1) is 16.8. The van der Waals surface area contributed by atoms with Crippen LogP contribution < -0.4 is 11.1 Å². The van der Waals surface area contributed by atoms with Crippen LogP contribution in [0.3, 0.4) is 0 Å². The lowest BCUT2D eigenvalue weighted by atomic mass is 10.2. The van der Waals surface area contributed by atoms with Gasteiger partial charge in [0.25, 0.3) is 0 Å². The van der Waals surface area contributed by atoms with Crippen LogP contribution in [0.1, 0.15) is 20.8 Å². The Balaban J connectivity index is 2.82. The molecule has 3 N–H and O–H groups in total. The maximum Gasteiger partial charge on any atom is 0.242 e. The lowest BCUT2D eigenvalue weighted by Crippen LogP contribution is -2.35. The molecule has 1 aromatic rings. The molecule has 1 amide bonds. The molecule has 0 saturated carbocycles. The summed E-state index contributed by atoms with van der Waals surface area (Å²) in [5, 5.41) is 1.80. The number of sulfone groups is 1. The number of nitrogens with one attached hydrogen (secondary N) is 1. The summed E-state index contributed by atoms with van der Waals surface area (Å²) in [4.78, 5) is 12.0. The predicted octanol–water partition coefficient (Wildman–Crippen LogP) is 2.32. The highest BCUT2D eigenvalue weighted by molar-refractivity contribution is 7.92. The van der Waals surface area contributed by atoms with E-state index in [0.29, 0.717) is 16.4 Å². The molecule has 1 unspecified atom stereocenters. The monoisotopic (exact) mass is 318 g/mol. The molecule has 0 aliphatic rings. The number of nitrogens with two attached hydrogens (primary N) is 1. The molecule has 0 aliphatic heterocycles. The van der Waals surface area contributed by atoms with Crippen LogP contribution in [0.5, 0.6) is 0 Å². The van der Waals surface area contributed by atoms with E-state index in [1.807, 2.05) is 0 Å². The number of benzene rings is 1. The van der Waals surface area contributed by atoms with Gasteiger partial charge in [-0.15, -0.1) is 0 Å². The van der Waals surface area contributed by atoms with Crippen LogP contribution in [-0.2, 0) is 14.6 Å². The first-order chi connectivity index (χ1) is 9.13. The van der Waals surface area contributed by atoms with Crippen molar-refractivity contribution in [1.82, 2.24) is 0 Å². The van der Waals surface area contributed by atoms with Gasteiger partial charge in [-0.2, -0.15) is 0 Å². The summed E-state index contributed by atoms with van der Waals surface area (Å²) in [6.45, 7) is 4.97. The van der Waals surface area contributed by atoms with Gasteiger partial charge in [0.1, 0.15) is 5.25 Å². The van der Waals surface area contributed by atoms with E-state index < -0.39 is 21.0 Å². The minimum atomic E-state index is -3.47. The highest BCUT2D eigenvalue weighted by atomic mass is 35.5. The summed E-state index contributed by atoms with van der Waals surface area (Å²) in [6, 6.07) is 4.60. The van der Waals surface area contributed by atoms with Crippen molar-refractivity contribution in [2.75, 3.05) is 16.8 Å². The van der Waals surface area contributed by atoms with Gasteiger partial charge in [-0.3, -0.25) is 4.79 Å². The largest absolute Gasteiger partial charge is 0.397 e. The van der Waals surface area contributed by atoms with E-state index in [4.69, 9.17) is 17.3 Å². The van der Waals surface area contributed by atoms with Gasteiger partial charge in [0, 0.05) is 5.69 Å². The first-order valence-electron chi connectivity index (χ1n) is 6.21. The Bertz CT molecular complexity index is 600. The molecule has 1 aromatic carbocycles. The average Bonchev–Trinajstić information content (AvgIpc) is 2.31. The second-order valence-electron chi connectivity index (χ2n) is 5.09. The summed E-state index contributed by atoms with van der Waals surface area (Å²) in [5.74, 6) is -0.626. The van der Waals surface area contributed by atoms with Crippen LogP contribution in [-0.4, -0.2) is 25.3 Å². The number of nitrogen functional groups attached to an aromatic ring is 1. The van der Waals surface area contributed by atoms with Gasteiger partial charge in [0.15, 0.2) is 9.84 Å². The number of carbonyl (C=O) groups is 1. The molecular weight excluding hydrogens is 300 g/mol. The third-order valence-electron chi connectivity index (χ3n) is 2.74. The van der Waals surface area contributed by atoms with Crippen molar-refractivity contribution in [3.8, 4) is 0 Å². The molecule has 0 aliphatic carbocycles. The zero-order valence-electron chi connectivity index (χ0n) is 11.7. The summed E-state index contributed by atoms with van der Waals surface area (Å²) < 4.78 is 24.0. The highest BCUT2D eigenvalue weighted by Gasteiger charge is 2.28. The Hall–Kier alpha value is -1.27. The second kappa shape index (κ2) is 6.45. The van der Waals surface area contributed by atoms with E-state index >= 15 is 0 Å². The van der Waals surface area contributed by atoms with Gasteiger partial charge < -0.3 is 11.1 Å². The molecule has 1 atom stereocenters. The van der Waals surface area contributed by atoms with Crippen molar-refractivity contribution in [3.05, 3.63) is 23.2 Å². The number of hydrogen-bond donors (Lipinski definition) is 2. The first-order valence-corrected chi connectivity index (χ1v) is 8.30. The van der Waals surface area contributed by atoms with Crippen LogP contribution >= 0.6 is 11.6 Å². The van der Waals surface area contributed by atoms with E-state index in [1.54, 1.807) is 26.0 Å². The quantitative estimate of drug-likeness (QED) is 0.815. The van der Waals surface area contributed by atoms with E-state index in [0.717, 1.165) is 0 Å². The zero-order chi connectivity index (χ0) is 15.5. The molecule has 1 rings (SSSR count). The summed E-state index contributed by atoms with van der Waals surface area (Å²) in [6.07, 6.45) is 0. The molecule has 0 spiro atoms. The Morgan fingerprint density at radius 2 is 1.95 bits per heavy atom. The maximum absolute atomic E-state index is 12.0. The Kier molecular flexibility index (Phi) is 5.42. The molecule has 0 radical (unpaired) electrons. The van der Waals surface area contributed by atoms with Crippen LogP contribution in [0.2, 0.25) is 5.02 Å². The molecule has 0 fully saturated rings. The Labute approximate surface area is 124 Å². The van der Waals surface area contributed by atoms with Crippen LogP contribution in [0.15, 0.2) is 18.2 Å². The average molecular weight is 319 g/mol. The van der Waals surface area contributed by atoms with Gasteiger partial charge in [0.05, 0.1) is 16.5 Å². The van der Waals surface area contributed by atoms with E-state index in [-0.39, 0.29) is 11.7 Å². The molecule has 7 heteroatoms. The maximum atomic E-state index is 12.0. The Morgan fingerprint density at radius 1 is 1.35 bits per heavy atom. The molecule has 112 valence electrons. The van der Waals surface area contributed by atoms with Gasteiger partial charge in [-0.1, -0.05) is 25.4 Å². The number of anilines is 2. The van der Waals surface area contributed by atoms with Gasteiger partial charge in [-0.05, 0) is 31.0 Å². The topological polar surface area (TPSA) is 89.3 Å². The van der Waals surface area contributed by atoms with E-state index in [9.17, 15) is 13.2 Å². The minimum Gasteiger partial charge on any atom is -0.397 e. The third kappa shape index (κ3) is 4.38. The SMILES string of the molecule is CC(C)CS(=O)(=O)C(C)C(=O)Nc1ccc(Cl)c(N)c1. The predicted molar refractivity (Wildman–Crippen MR) is 82.6 cm³/mol. The fourth-order valence-corrected chi connectivity index (χ4v) is 3.36. The second-order valence-corrected chi connectivity index (χ2v) is 7.86. The molecule has 5 nitrogen and oxygen atoms in total. The van der Waals surface area contributed by atoms with Crippen molar-refractivity contribution in [2.24, 2.45) is 5.92 Å². The fourth-order valence-electron chi connectivity index (χ4n) is 1.64. The number of hydrogen-bond acceptors (Lipinski definition) is 4. The number of amides is 1. The van der Waals surface area contributed by atoms with Crippen molar-refractivity contribution in [1.29, 1.82) is 0 Å². The highest BCUT2D eigenvalue weighted by Crippen LogP contribution is 2.22. The standard InChI is InChI=1S/C13H19ClN2O3S/c1-8(2)7-20(18,19)9(3)13(17)16-10-4-5-11(14)12(15)6-10/h4-6,8-9H,7,15H2,1-3H3,(H,16,17). The minimum absolute atomic E-state index is 0.0235. The normalized spacial score (nSPS) is 13.2. The van der Waals surface area contributed by atoms with Crippen molar-refractivity contribution in [3.63, 3.8) is 0 Å². The smallest absolute Gasteiger partial charge is 0.242 e. The van der Waals surface area contributed by atoms with Gasteiger partial charge in [0.2, 0.25) is 5.91 Å². The number of carbonyl (C=O) groups excluding carboxylic acids is 1. The number of rotatable bonds is 5. The lowest BCUT2D eigenvalue weighted by molar-refractivity contribution is -0.115. The number of halogens is 1. The van der Waals surface area contributed by atoms with Crippen molar-refractivity contribution < 1.29 is 13.2 Å². The molecule has 0 bridgehead atoms. The summed E-state index contributed by atoms with van der Waals surface area (Å²) in [5.41, 5.74) is 6.36. The molecule has 0 heterocycles.